The summed E-state index contributed by atoms with van der Waals surface area (Å²) in [5.74, 6) is -0.265. The Hall–Kier alpha value is -5.16. The maximum absolute atomic E-state index is 11.9. The van der Waals surface area contributed by atoms with Crippen molar-refractivity contribution in [2.45, 2.75) is 19.6 Å². The van der Waals surface area contributed by atoms with E-state index in [9.17, 15) is 18.1 Å². The number of phenolic OH excluding ortho intramolecular Hbond substituents is 1. The Morgan fingerprint density at radius 1 is 0.625 bits per heavy atom. The normalized spacial score (nSPS) is 12.3. The Balaban J connectivity index is 1.17. The van der Waals surface area contributed by atoms with Gasteiger partial charge < -0.3 is 5.11 Å². The van der Waals surface area contributed by atoms with Crippen molar-refractivity contribution in [2.24, 2.45) is 20.5 Å². The third-order valence-corrected chi connectivity index (χ3v) is 10.3. The highest BCUT2D eigenvalue weighted by molar-refractivity contribution is 7.95. The quantitative estimate of drug-likeness (QED) is 0.0211. The molecule has 6 aromatic carbocycles. The largest absolute Gasteiger partial charge is 0.505 e. The average Bonchev–Trinajstić information content (AvgIpc) is 3.65. The van der Waals surface area contributed by atoms with Gasteiger partial charge in [-0.15, -0.1) is 28.3 Å². The summed E-state index contributed by atoms with van der Waals surface area (Å²) in [4.78, 5) is 1.91. The zero-order chi connectivity index (χ0) is 39.2. The van der Waals surface area contributed by atoms with Crippen molar-refractivity contribution in [3.05, 3.63) is 97.1 Å². The number of hydrogen-bond donors (Lipinski definition) is 5. The molecule has 0 fully saturated rings. The first kappa shape index (κ1) is 39.1. The maximum Gasteiger partial charge on any atom is 0.294 e. The lowest BCUT2D eigenvalue weighted by Gasteiger charge is -2.10. The van der Waals surface area contributed by atoms with Crippen LogP contribution >= 0.6 is 36.1 Å². The van der Waals surface area contributed by atoms with Gasteiger partial charge in [0.1, 0.15) is 16.7 Å². The van der Waals surface area contributed by atoms with Gasteiger partial charge in [0.05, 0.1) is 73.6 Å². The number of aromatic hydroxyl groups is 1. The van der Waals surface area contributed by atoms with Crippen LogP contribution in [0.1, 0.15) is 0 Å². The molecule has 5 N–H and O–H groups in total. The van der Waals surface area contributed by atoms with Crippen LogP contribution in [-0.2, 0) is 38.2 Å². The van der Waals surface area contributed by atoms with E-state index in [0.717, 1.165) is 18.1 Å². The molecule has 0 amide bonds. The summed E-state index contributed by atoms with van der Waals surface area (Å²) >= 11 is 1.87. The molecule has 1 heterocycles. The van der Waals surface area contributed by atoms with E-state index in [0.29, 0.717) is 84.3 Å². The van der Waals surface area contributed by atoms with E-state index in [1.54, 1.807) is 84.9 Å². The summed E-state index contributed by atoms with van der Waals surface area (Å²) in [6, 6.07) is 25.5. The van der Waals surface area contributed by atoms with E-state index >= 15 is 0 Å². The van der Waals surface area contributed by atoms with Crippen molar-refractivity contribution in [2.75, 3.05) is 0 Å². The highest BCUT2D eigenvalue weighted by atomic mass is 32.2. The van der Waals surface area contributed by atoms with Crippen molar-refractivity contribution in [3.63, 3.8) is 0 Å². The Morgan fingerprint density at radius 2 is 1.23 bits per heavy atom. The molecule has 0 unspecified atom stereocenters. The van der Waals surface area contributed by atoms with E-state index in [1.165, 1.54) is 10.9 Å². The van der Waals surface area contributed by atoms with Crippen LogP contribution in [0.4, 0.5) is 22.7 Å². The number of fused-ring (bicyclic) bond motifs is 4. The molecule has 7 rings (SSSR count). The summed E-state index contributed by atoms with van der Waals surface area (Å²) in [5.41, 5.74) is 2.68. The van der Waals surface area contributed by atoms with Gasteiger partial charge in [0.15, 0.2) is 5.75 Å². The first-order valence-corrected chi connectivity index (χ1v) is 18.9. The molecule has 0 aliphatic carbocycles. The van der Waals surface area contributed by atoms with Crippen LogP contribution in [0, 0.1) is 0 Å². The van der Waals surface area contributed by atoms with Gasteiger partial charge in [-0.3, -0.25) is 4.55 Å². The van der Waals surface area contributed by atoms with Gasteiger partial charge in [0, 0.05) is 15.7 Å². The molecule has 0 radical (unpaired) electrons. The second-order valence-electron chi connectivity index (χ2n) is 11.0. The molecule has 0 aliphatic rings. The first-order chi connectivity index (χ1) is 27.1. The third-order valence-electron chi connectivity index (χ3n) is 7.67. The second kappa shape index (κ2) is 17.3. The number of azo groups is 2. The van der Waals surface area contributed by atoms with Gasteiger partial charge in [0.2, 0.25) is 0 Å². The van der Waals surface area contributed by atoms with Crippen LogP contribution in [-0.4, -0.2) is 48.8 Å². The van der Waals surface area contributed by atoms with Crippen molar-refractivity contribution < 1.29 is 62.0 Å². The van der Waals surface area contributed by atoms with Crippen LogP contribution in [0.15, 0.2) is 137 Å². The van der Waals surface area contributed by atoms with E-state index in [2.05, 4.69) is 58.8 Å². The van der Waals surface area contributed by atoms with Gasteiger partial charge in [-0.25, -0.2) is 15.8 Å². The lowest BCUT2D eigenvalue weighted by atomic mass is 10.1. The SMILES string of the molecule is O=S(=O)(O)c1cc(SOOO)c2c(ccc3nn(-c4ccc5c(O)c(N=Nc6ccc(N=Nc7ccc(SOOO)cc7)cc6)c(SOOO)cc5c4)nc32)c1. The summed E-state index contributed by atoms with van der Waals surface area (Å²) in [5, 5.41) is 75.9. The molecule has 0 saturated carbocycles. The molecule has 286 valence electrons. The minimum absolute atomic E-state index is 0.00594. The lowest BCUT2D eigenvalue weighted by Crippen LogP contribution is -1.99. The Labute approximate surface area is 325 Å². The summed E-state index contributed by atoms with van der Waals surface area (Å²) in [6.45, 7) is 0. The van der Waals surface area contributed by atoms with Gasteiger partial charge >= 0.3 is 0 Å². The highest BCUT2D eigenvalue weighted by Crippen LogP contribution is 2.44. The standard InChI is InChI=1S/C32H21N7O13S4/c40-32-25-11-8-22(39-37-26-12-1-17-14-24(56(44,45)46)16-27(54-51-48-42)29(17)30(26)38-39)13-18(25)15-28(55-52-49-43)31(32)36-35-20-4-2-19(3-5-20)33-34-21-6-9-23(10-7-21)53-50-47-41/h1-16,40-43H,(H,44,45,46). The molecule has 0 atom stereocenters. The second-order valence-corrected chi connectivity index (χ2v) is 14.7. The molecule has 24 heteroatoms. The van der Waals surface area contributed by atoms with E-state index in [4.69, 9.17) is 15.8 Å². The fourth-order valence-electron chi connectivity index (χ4n) is 5.26. The minimum atomic E-state index is -4.60. The molecule has 0 aliphatic heterocycles. The van der Waals surface area contributed by atoms with Gasteiger partial charge in [-0.05, 0) is 102 Å². The number of aromatic nitrogens is 3. The monoisotopic (exact) mass is 839 g/mol. The molecule has 0 saturated heterocycles. The van der Waals surface area contributed by atoms with Crippen molar-refractivity contribution >= 4 is 102 Å². The molecular weight excluding hydrogens is 819 g/mol. The van der Waals surface area contributed by atoms with Crippen LogP contribution in [0.5, 0.6) is 5.75 Å². The number of phenols is 1. The number of hydrogen-bond acceptors (Lipinski definition) is 21. The predicted molar refractivity (Wildman–Crippen MR) is 199 cm³/mol. The molecule has 0 bridgehead atoms. The average molecular weight is 840 g/mol. The van der Waals surface area contributed by atoms with E-state index in [1.807, 2.05) is 0 Å². The number of nitrogens with zero attached hydrogens (tertiary/aromatic N) is 7. The predicted octanol–water partition coefficient (Wildman–Crippen LogP) is 9.79. The molecule has 20 nitrogen and oxygen atoms in total. The first-order valence-electron chi connectivity index (χ1n) is 15.2. The number of rotatable bonds is 15. The van der Waals surface area contributed by atoms with Crippen LogP contribution < -0.4 is 0 Å². The molecule has 7 aromatic rings. The van der Waals surface area contributed by atoms with Crippen LogP contribution in [0.2, 0.25) is 0 Å². The zero-order valence-electron chi connectivity index (χ0n) is 27.5. The van der Waals surface area contributed by atoms with Crippen molar-refractivity contribution in [1.29, 1.82) is 0 Å². The van der Waals surface area contributed by atoms with Gasteiger partial charge in [-0.1, -0.05) is 21.2 Å². The van der Waals surface area contributed by atoms with E-state index < -0.39 is 15.0 Å². The lowest BCUT2D eigenvalue weighted by molar-refractivity contribution is -0.432. The fourth-order valence-corrected chi connectivity index (χ4v) is 7.31. The maximum atomic E-state index is 11.9. The van der Waals surface area contributed by atoms with E-state index in [-0.39, 0.29) is 21.2 Å². The Kier molecular flexibility index (Phi) is 12.1. The smallest absolute Gasteiger partial charge is 0.294 e. The van der Waals surface area contributed by atoms with Crippen LogP contribution in [0.25, 0.3) is 38.3 Å². The fraction of sp³-hybridized carbons (Fsp3) is 0. The summed E-state index contributed by atoms with van der Waals surface area (Å²) in [6.07, 6.45) is 0. The van der Waals surface area contributed by atoms with Crippen molar-refractivity contribution in [3.8, 4) is 11.4 Å². The molecular formula is C32H21N7O13S4. The van der Waals surface area contributed by atoms with Gasteiger partial charge in [0.25, 0.3) is 10.1 Å². The molecule has 1 aromatic heterocycles. The van der Waals surface area contributed by atoms with Gasteiger partial charge in [-0.2, -0.15) is 28.6 Å². The topological polar surface area (TPSA) is 271 Å². The minimum Gasteiger partial charge on any atom is -0.505 e. The van der Waals surface area contributed by atoms with Crippen molar-refractivity contribution in [1.82, 2.24) is 15.0 Å². The van der Waals surface area contributed by atoms with Crippen LogP contribution in [0.3, 0.4) is 0 Å². The highest BCUT2D eigenvalue weighted by Gasteiger charge is 2.20. The summed E-state index contributed by atoms with van der Waals surface area (Å²) < 4.78 is 47.1. The Bertz CT molecular complexity index is 2720. The third kappa shape index (κ3) is 8.78. The zero-order valence-corrected chi connectivity index (χ0v) is 30.8. The number of benzene rings is 6. The Morgan fingerprint density at radius 3 is 1.88 bits per heavy atom. The summed E-state index contributed by atoms with van der Waals surface area (Å²) in [7, 11) is -4.60. The molecule has 0 spiro atoms. The molecule has 56 heavy (non-hydrogen) atoms.